The number of hydrogen-bond acceptors (Lipinski definition) is 1. The number of rotatable bonds is 3. The van der Waals surface area contributed by atoms with E-state index in [0.717, 1.165) is 6.21 Å². The lowest BCUT2D eigenvalue weighted by atomic mass is 9.85. The molecule has 0 unspecified atom stereocenters. The zero-order valence-corrected chi connectivity index (χ0v) is 9.16. The maximum Gasteiger partial charge on any atom is 0.323 e. The van der Waals surface area contributed by atoms with Crippen molar-refractivity contribution in [2.75, 3.05) is 0 Å². The second-order valence-electron chi connectivity index (χ2n) is 4.15. The smallest absolute Gasteiger partial charge is 0.323 e. The van der Waals surface area contributed by atoms with Crippen LogP contribution in [0.1, 0.15) is 34.1 Å². The number of hydrogen-bond donors (Lipinski definition) is 0. The van der Waals surface area contributed by atoms with Crippen LogP contribution in [0, 0.1) is 23.2 Å². The summed E-state index contributed by atoms with van der Waals surface area (Å²) in [6.07, 6.45) is 1.41. The predicted molar refractivity (Wildman–Crippen MR) is 55.7 cm³/mol. The van der Waals surface area contributed by atoms with Gasteiger partial charge in [-0.25, -0.2) is 0 Å². The van der Waals surface area contributed by atoms with E-state index in [1.807, 2.05) is 13.8 Å². The third kappa shape index (κ3) is 4.59. The van der Waals surface area contributed by atoms with Gasteiger partial charge in [-0.3, -0.25) is 4.79 Å². The Morgan fingerprint density at radius 3 is 2.57 bits per heavy atom. The van der Waals surface area contributed by atoms with Crippen LogP contribution < -0.4 is 0 Å². The quantitative estimate of drug-likeness (QED) is 0.292. The van der Waals surface area contributed by atoms with E-state index in [0.29, 0.717) is 12.3 Å². The second kappa shape index (κ2) is 5.36. The van der Waals surface area contributed by atoms with Crippen molar-refractivity contribution in [1.82, 2.24) is 0 Å². The first-order valence-corrected chi connectivity index (χ1v) is 4.60. The number of Topliss-reactive ketones (excluding diaryl/α,β-unsaturated/α-hetero) is 1. The van der Waals surface area contributed by atoms with Crippen molar-refractivity contribution >= 4 is 12.0 Å². The molecule has 0 rings (SSSR count). The van der Waals surface area contributed by atoms with Gasteiger partial charge in [0.15, 0.2) is 0 Å². The van der Waals surface area contributed by atoms with Crippen LogP contribution in [-0.4, -0.2) is 16.8 Å². The van der Waals surface area contributed by atoms with E-state index in [4.69, 9.17) is 5.53 Å². The Morgan fingerprint density at radius 2 is 2.14 bits per heavy atom. The Bertz CT molecular complexity index is 312. The zero-order chi connectivity index (χ0) is 11.2. The van der Waals surface area contributed by atoms with E-state index >= 15 is 0 Å². The van der Waals surface area contributed by atoms with Crippen LogP contribution in [0.3, 0.4) is 0 Å². The lowest BCUT2D eigenvalue weighted by molar-refractivity contribution is -0.123. The molecule has 0 aromatic rings. The summed E-state index contributed by atoms with van der Waals surface area (Å²) in [7, 11) is 0. The minimum absolute atomic E-state index is 0.210. The molecule has 0 saturated carbocycles. The van der Waals surface area contributed by atoms with E-state index in [1.54, 1.807) is 13.8 Å². The number of ketones is 1. The van der Waals surface area contributed by atoms with Gasteiger partial charge in [-0.1, -0.05) is 27.7 Å². The van der Waals surface area contributed by atoms with Gasteiger partial charge in [0.25, 0.3) is 0 Å². The zero-order valence-electron chi connectivity index (χ0n) is 9.16. The molecule has 0 saturated heterocycles. The molecule has 0 aromatic carbocycles. The highest BCUT2D eigenvalue weighted by molar-refractivity contribution is 6.27. The molecular formula is C11H16N2O. The summed E-state index contributed by atoms with van der Waals surface area (Å²) in [5, 5.41) is 0. The maximum absolute atomic E-state index is 11.4. The lowest BCUT2D eigenvalue weighted by Crippen LogP contribution is -2.25. The van der Waals surface area contributed by atoms with E-state index < -0.39 is 5.41 Å². The van der Waals surface area contributed by atoms with Gasteiger partial charge >= 0.3 is 6.21 Å². The van der Waals surface area contributed by atoms with Gasteiger partial charge in [0.05, 0.1) is 0 Å². The molecule has 0 radical (unpaired) electrons. The summed E-state index contributed by atoms with van der Waals surface area (Å²) in [6.45, 7) is 7.56. The van der Waals surface area contributed by atoms with E-state index in [9.17, 15) is 4.79 Å². The molecule has 3 heteroatoms. The third-order valence-electron chi connectivity index (χ3n) is 1.76. The highest BCUT2D eigenvalue weighted by atomic mass is 16.1. The summed E-state index contributed by atoms with van der Waals surface area (Å²) in [5.74, 6) is 6.04. The highest BCUT2D eigenvalue weighted by Gasteiger charge is 2.27. The van der Waals surface area contributed by atoms with Crippen molar-refractivity contribution in [3.8, 4) is 11.8 Å². The first-order valence-electron chi connectivity index (χ1n) is 4.60. The number of carbonyl (C=O) groups is 1. The van der Waals surface area contributed by atoms with Gasteiger partial charge in [0.1, 0.15) is 0 Å². The minimum atomic E-state index is -0.575. The molecule has 0 bridgehead atoms. The van der Waals surface area contributed by atoms with E-state index in [1.165, 1.54) is 0 Å². The van der Waals surface area contributed by atoms with Gasteiger partial charge < -0.3 is 5.53 Å². The monoisotopic (exact) mass is 192 g/mol. The Hall–Kier alpha value is -1.39. The third-order valence-corrected chi connectivity index (χ3v) is 1.76. The van der Waals surface area contributed by atoms with Crippen LogP contribution in [0.4, 0.5) is 0 Å². The largest absolute Gasteiger partial charge is 0.361 e. The van der Waals surface area contributed by atoms with E-state index in [2.05, 4.69) is 16.6 Å². The first-order chi connectivity index (χ1) is 6.40. The molecule has 0 atom stereocenters. The molecule has 0 fully saturated rings. The van der Waals surface area contributed by atoms with E-state index in [-0.39, 0.29) is 5.78 Å². The Morgan fingerprint density at radius 1 is 1.57 bits per heavy atom. The average Bonchev–Trinajstić information content (AvgIpc) is 2.03. The average molecular weight is 192 g/mol. The summed E-state index contributed by atoms with van der Waals surface area (Å²) in [5.41, 5.74) is 7.65. The highest BCUT2D eigenvalue weighted by Crippen LogP contribution is 2.19. The molecule has 0 N–H and O–H groups in total. The fourth-order valence-electron chi connectivity index (χ4n) is 0.790. The van der Waals surface area contributed by atoms with Crippen molar-refractivity contribution in [1.29, 1.82) is 0 Å². The minimum Gasteiger partial charge on any atom is -0.361 e. The van der Waals surface area contributed by atoms with Crippen LogP contribution in [0.5, 0.6) is 0 Å². The van der Waals surface area contributed by atoms with Crippen LogP contribution >= 0.6 is 0 Å². The maximum atomic E-state index is 11.4. The standard InChI is InChI=1S/C11H16N2O/c1-9(2)6-5-7-11(3,4)10(14)8-13-12/h8-9H,7H2,1-4H3. The summed E-state index contributed by atoms with van der Waals surface area (Å²) in [6, 6.07) is 0. The van der Waals surface area contributed by atoms with Crippen molar-refractivity contribution in [3.63, 3.8) is 0 Å². The van der Waals surface area contributed by atoms with Gasteiger partial charge in [0, 0.05) is 17.8 Å². The predicted octanol–water partition coefficient (Wildman–Crippen LogP) is 1.93. The normalized spacial score (nSPS) is 10.1. The first kappa shape index (κ1) is 12.6. The molecule has 0 aromatic heterocycles. The van der Waals surface area contributed by atoms with Crippen molar-refractivity contribution in [2.45, 2.75) is 34.1 Å². The molecule has 3 nitrogen and oxygen atoms in total. The van der Waals surface area contributed by atoms with Gasteiger partial charge in [-0.05, 0) is 0 Å². The summed E-state index contributed by atoms with van der Waals surface area (Å²) in [4.78, 5) is 14.1. The van der Waals surface area contributed by atoms with Gasteiger partial charge in [0.2, 0.25) is 5.78 Å². The summed E-state index contributed by atoms with van der Waals surface area (Å²) >= 11 is 0. The molecule has 0 amide bonds. The molecule has 0 spiro atoms. The Labute approximate surface area is 85.1 Å². The van der Waals surface area contributed by atoms with Crippen LogP contribution in [-0.2, 0) is 4.79 Å². The molecule has 0 aliphatic carbocycles. The molecule has 0 aliphatic rings. The Kier molecular flexibility index (Phi) is 4.83. The molecule has 0 heterocycles. The van der Waals surface area contributed by atoms with Gasteiger partial charge in [-0.2, -0.15) is 4.79 Å². The molecule has 76 valence electrons. The number of nitrogens with zero attached hydrogens (tertiary/aromatic N) is 2. The van der Waals surface area contributed by atoms with Gasteiger partial charge in [-0.15, -0.1) is 11.8 Å². The number of carbonyl (C=O) groups excluding carboxylic acids is 1. The second-order valence-corrected chi connectivity index (χ2v) is 4.15. The molecule has 0 aliphatic heterocycles. The molecular weight excluding hydrogens is 176 g/mol. The Balaban J connectivity index is 4.44. The van der Waals surface area contributed by atoms with Crippen LogP contribution in [0.2, 0.25) is 0 Å². The van der Waals surface area contributed by atoms with Crippen molar-refractivity contribution < 1.29 is 9.58 Å². The van der Waals surface area contributed by atoms with Crippen LogP contribution in [0.15, 0.2) is 0 Å². The lowest BCUT2D eigenvalue weighted by Gasteiger charge is -2.14. The SMILES string of the molecule is CC(C)C#CCC(C)(C)C(=O)C=[N+]=[N-]. The van der Waals surface area contributed by atoms with Crippen molar-refractivity contribution in [3.05, 3.63) is 5.53 Å². The van der Waals surface area contributed by atoms with Crippen LogP contribution in [0.25, 0.3) is 5.53 Å². The topological polar surface area (TPSA) is 53.5 Å². The fourth-order valence-corrected chi connectivity index (χ4v) is 0.790. The summed E-state index contributed by atoms with van der Waals surface area (Å²) < 4.78 is 0. The van der Waals surface area contributed by atoms with Crippen molar-refractivity contribution in [2.24, 2.45) is 11.3 Å². The fraction of sp³-hybridized carbons (Fsp3) is 0.636. The molecule has 14 heavy (non-hydrogen) atoms.